The molecule has 0 aromatic heterocycles. The molecule has 3 heteroatoms. The second kappa shape index (κ2) is 7.39. The van der Waals surface area contributed by atoms with E-state index in [-0.39, 0.29) is 12.1 Å². The van der Waals surface area contributed by atoms with Crippen LogP contribution in [0.2, 0.25) is 0 Å². The fraction of sp³-hybridized carbons (Fsp3) is 0.600. The molecule has 0 aliphatic rings. The number of nitrogens with one attached hydrogen (secondary N) is 1. The van der Waals surface area contributed by atoms with Crippen LogP contribution in [-0.2, 0) is 0 Å². The Morgan fingerprint density at radius 3 is 2.56 bits per heavy atom. The molecule has 0 radical (unpaired) electrons. The second-order valence-corrected chi connectivity index (χ2v) is 5.15. The summed E-state index contributed by atoms with van der Waals surface area (Å²) in [5.74, 6) is 7.11. The molecule has 0 heterocycles. The lowest BCUT2D eigenvalue weighted by Gasteiger charge is -2.24. The minimum absolute atomic E-state index is 0.181. The third kappa shape index (κ3) is 4.31. The predicted molar refractivity (Wildman–Crippen MR) is 76.3 cm³/mol. The first-order chi connectivity index (χ1) is 8.58. The molecule has 1 rings (SSSR count). The number of rotatable bonds is 7. The van der Waals surface area contributed by atoms with Crippen LogP contribution in [-0.4, -0.2) is 6.10 Å². The zero-order chi connectivity index (χ0) is 13.5. The Kier molecular flexibility index (Phi) is 6.16. The Hall–Kier alpha value is -1.06. The van der Waals surface area contributed by atoms with Crippen molar-refractivity contribution in [3.63, 3.8) is 0 Å². The van der Waals surface area contributed by atoms with Gasteiger partial charge in [-0.05, 0) is 43.9 Å². The van der Waals surface area contributed by atoms with E-state index in [2.05, 4.69) is 31.4 Å². The van der Waals surface area contributed by atoms with Gasteiger partial charge in [0.25, 0.3) is 0 Å². The van der Waals surface area contributed by atoms with Crippen molar-refractivity contribution in [2.45, 2.75) is 52.7 Å². The van der Waals surface area contributed by atoms with Crippen molar-refractivity contribution in [1.82, 2.24) is 5.43 Å². The van der Waals surface area contributed by atoms with Gasteiger partial charge in [0.2, 0.25) is 0 Å². The maximum atomic E-state index is 5.72. The standard InChI is InChI=1S/C15H26N2O/c1-5-7-12(4)15(17-16)13-8-6-9-14(10-13)18-11(2)3/h6,8-12,15,17H,5,7,16H2,1-4H3. The third-order valence-corrected chi connectivity index (χ3v) is 3.08. The molecule has 102 valence electrons. The third-order valence-electron chi connectivity index (χ3n) is 3.08. The molecule has 18 heavy (non-hydrogen) atoms. The second-order valence-electron chi connectivity index (χ2n) is 5.15. The van der Waals surface area contributed by atoms with Gasteiger partial charge in [-0.3, -0.25) is 11.3 Å². The Balaban J connectivity index is 2.85. The quantitative estimate of drug-likeness (QED) is 0.576. The van der Waals surface area contributed by atoms with Gasteiger partial charge >= 0.3 is 0 Å². The molecule has 0 aliphatic carbocycles. The van der Waals surface area contributed by atoms with Crippen molar-refractivity contribution < 1.29 is 4.74 Å². The molecule has 1 aromatic rings. The summed E-state index contributed by atoms with van der Waals surface area (Å²) in [4.78, 5) is 0. The lowest BCUT2D eigenvalue weighted by atomic mass is 9.91. The van der Waals surface area contributed by atoms with Crippen LogP contribution in [0.25, 0.3) is 0 Å². The maximum Gasteiger partial charge on any atom is 0.120 e. The highest BCUT2D eigenvalue weighted by atomic mass is 16.5. The maximum absolute atomic E-state index is 5.72. The summed E-state index contributed by atoms with van der Waals surface area (Å²) in [6.45, 7) is 8.49. The van der Waals surface area contributed by atoms with Gasteiger partial charge in [-0.1, -0.05) is 32.4 Å². The van der Waals surface area contributed by atoms with E-state index in [9.17, 15) is 0 Å². The molecule has 0 amide bonds. The van der Waals surface area contributed by atoms with Gasteiger partial charge in [0.05, 0.1) is 6.10 Å². The number of hydrazine groups is 1. The van der Waals surface area contributed by atoms with E-state index in [0.717, 1.165) is 12.2 Å². The summed E-state index contributed by atoms with van der Waals surface area (Å²) in [6, 6.07) is 8.37. The first-order valence-corrected chi connectivity index (χ1v) is 6.81. The molecule has 0 saturated heterocycles. The summed E-state index contributed by atoms with van der Waals surface area (Å²) in [5, 5.41) is 0. The highest BCUT2D eigenvalue weighted by Crippen LogP contribution is 2.27. The van der Waals surface area contributed by atoms with Crippen molar-refractivity contribution >= 4 is 0 Å². The van der Waals surface area contributed by atoms with E-state index in [4.69, 9.17) is 10.6 Å². The zero-order valence-electron chi connectivity index (χ0n) is 11.9. The average Bonchev–Trinajstić information content (AvgIpc) is 2.30. The van der Waals surface area contributed by atoms with E-state index in [1.165, 1.54) is 12.0 Å². The summed E-state index contributed by atoms with van der Waals surface area (Å²) < 4.78 is 5.72. The molecule has 3 N–H and O–H groups in total. The van der Waals surface area contributed by atoms with Crippen LogP contribution in [0, 0.1) is 5.92 Å². The van der Waals surface area contributed by atoms with Gasteiger partial charge in [-0.15, -0.1) is 0 Å². The smallest absolute Gasteiger partial charge is 0.120 e. The molecule has 2 unspecified atom stereocenters. The minimum atomic E-state index is 0.181. The Morgan fingerprint density at radius 1 is 1.28 bits per heavy atom. The van der Waals surface area contributed by atoms with Crippen LogP contribution >= 0.6 is 0 Å². The largest absolute Gasteiger partial charge is 0.491 e. The molecular weight excluding hydrogens is 224 g/mol. The molecular formula is C15H26N2O. The van der Waals surface area contributed by atoms with Crippen molar-refractivity contribution in [2.24, 2.45) is 11.8 Å². The van der Waals surface area contributed by atoms with Gasteiger partial charge in [0.1, 0.15) is 5.75 Å². The van der Waals surface area contributed by atoms with Gasteiger partial charge in [0.15, 0.2) is 0 Å². The SMILES string of the molecule is CCCC(C)C(NN)c1cccc(OC(C)C)c1. The summed E-state index contributed by atoms with van der Waals surface area (Å²) >= 11 is 0. The number of benzene rings is 1. The highest BCUT2D eigenvalue weighted by molar-refractivity contribution is 5.31. The lowest BCUT2D eigenvalue weighted by Crippen LogP contribution is -2.32. The van der Waals surface area contributed by atoms with E-state index in [1.807, 2.05) is 26.0 Å². The van der Waals surface area contributed by atoms with Crippen LogP contribution in [0.4, 0.5) is 0 Å². The minimum Gasteiger partial charge on any atom is -0.491 e. The van der Waals surface area contributed by atoms with Crippen molar-refractivity contribution in [2.75, 3.05) is 0 Å². The van der Waals surface area contributed by atoms with Crippen LogP contribution in [0.3, 0.4) is 0 Å². The molecule has 0 fully saturated rings. The number of ether oxygens (including phenoxy) is 1. The van der Waals surface area contributed by atoms with E-state index in [1.54, 1.807) is 0 Å². The molecule has 0 aliphatic heterocycles. The van der Waals surface area contributed by atoms with Crippen LogP contribution in [0.5, 0.6) is 5.75 Å². The molecule has 0 saturated carbocycles. The Bertz CT molecular complexity index is 352. The zero-order valence-corrected chi connectivity index (χ0v) is 11.9. The Labute approximate surface area is 111 Å². The van der Waals surface area contributed by atoms with Gasteiger partial charge < -0.3 is 4.74 Å². The van der Waals surface area contributed by atoms with E-state index >= 15 is 0 Å². The van der Waals surface area contributed by atoms with E-state index in [0.29, 0.717) is 5.92 Å². The van der Waals surface area contributed by atoms with Crippen molar-refractivity contribution in [3.05, 3.63) is 29.8 Å². The lowest BCUT2D eigenvalue weighted by molar-refractivity contribution is 0.241. The summed E-state index contributed by atoms with van der Waals surface area (Å²) in [7, 11) is 0. The van der Waals surface area contributed by atoms with E-state index < -0.39 is 0 Å². The predicted octanol–water partition coefficient (Wildman–Crippen LogP) is 3.41. The van der Waals surface area contributed by atoms with Crippen LogP contribution < -0.4 is 16.0 Å². The van der Waals surface area contributed by atoms with Crippen molar-refractivity contribution in [3.8, 4) is 5.75 Å². The van der Waals surface area contributed by atoms with Gasteiger partial charge in [0, 0.05) is 6.04 Å². The summed E-state index contributed by atoms with van der Waals surface area (Å²) in [6.07, 6.45) is 2.52. The van der Waals surface area contributed by atoms with Gasteiger partial charge in [-0.25, -0.2) is 0 Å². The molecule has 0 bridgehead atoms. The molecule has 0 spiro atoms. The molecule has 3 nitrogen and oxygen atoms in total. The Morgan fingerprint density at radius 2 is 2.00 bits per heavy atom. The number of hydrogen-bond acceptors (Lipinski definition) is 3. The fourth-order valence-electron chi connectivity index (χ4n) is 2.26. The average molecular weight is 250 g/mol. The first-order valence-electron chi connectivity index (χ1n) is 6.81. The van der Waals surface area contributed by atoms with Crippen molar-refractivity contribution in [1.29, 1.82) is 0 Å². The number of hydrogen-bond donors (Lipinski definition) is 2. The van der Waals surface area contributed by atoms with Gasteiger partial charge in [-0.2, -0.15) is 0 Å². The molecule has 2 atom stereocenters. The highest BCUT2D eigenvalue weighted by Gasteiger charge is 2.17. The molecule has 1 aromatic carbocycles. The first kappa shape index (κ1) is 15.0. The van der Waals surface area contributed by atoms with Crippen LogP contribution in [0.15, 0.2) is 24.3 Å². The fourth-order valence-corrected chi connectivity index (χ4v) is 2.26. The van der Waals surface area contributed by atoms with Crippen LogP contribution in [0.1, 0.15) is 52.1 Å². The summed E-state index contributed by atoms with van der Waals surface area (Å²) in [5.41, 5.74) is 4.12. The normalized spacial score (nSPS) is 14.6. The monoisotopic (exact) mass is 250 g/mol. The number of nitrogens with two attached hydrogens (primary N) is 1. The topological polar surface area (TPSA) is 47.3 Å².